The van der Waals surface area contributed by atoms with E-state index in [9.17, 15) is 9.59 Å². The van der Waals surface area contributed by atoms with Crippen molar-refractivity contribution in [3.63, 3.8) is 0 Å². The lowest BCUT2D eigenvalue weighted by atomic mass is 9.84. The first kappa shape index (κ1) is 17.0. The van der Waals surface area contributed by atoms with Crippen LogP contribution in [0.1, 0.15) is 36.7 Å². The van der Waals surface area contributed by atoms with Crippen molar-refractivity contribution in [1.82, 2.24) is 14.8 Å². The van der Waals surface area contributed by atoms with Gasteiger partial charge >= 0.3 is 0 Å². The molecule has 26 heavy (non-hydrogen) atoms. The van der Waals surface area contributed by atoms with E-state index in [1.54, 1.807) is 13.1 Å². The summed E-state index contributed by atoms with van der Waals surface area (Å²) in [6, 6.07) is 9.87. The number of piperidine rings is 1. The van der Waals surface area contributed by atoms with Gasteiger partial charge in [0.2, 0.25) is 5.91 Å². The monoisotopic (exact) mass is 351 g/mol. The van der Waals surface area contributed by atoms with Crippen molar-refractivity contribution in [2.75, 3.05) is 26.2 Å². The number of nitrogens with zero attached hydrogens (tertiary/aromatic N) is 3. The zero-order valence-electron chi connectivity index (χ0n) is 15.2. The lowest BCUT2D eigenvalue weighted by molar-refractivity contribution is -0.130. The van der Waals surface area contributed by atoms with E-state index in [-0.39, 0.29) is 11.8 Å². The fourth-order valence-corrected chi connectivity index (χ4v) is 4.48. The Bertz CT molecular complexity index is 822. The number of aromatic nitrogens is 1. The van der Waals surface area contributed by atoms with Crippen molar-refractivity contribution < 1.29 is 9.59 Å². The van der Waals surface area contributed by atoms with Gasteiger partial charge in [-0.2, -0.15) is 0 Å². The predicted molar refractivity (Wildman–Crippen MR) is 101 cm³/mol. The van der Waals surface area contributed by atoms with Gasteiger partial charge in [0.15, 0.2) is 0 Å². The smallest absolute Gasteiger partial charge is 0.273 e. The van der Waals surface area contributed by atoms with Gasteiger partial charge in [0.05, 0.1) is 0 Å². The summed E-state index contributed by atoms with van der Waals surface area (Å²) in [6.07, 6.45) is 4.89. The van der Waals surface area contributed by atoms with E-state index >= 15 is 0 Å². The minimum Gasteiger partial charge on any atom is -0.343 e. The van der Waals surface area contributed by atoms with E-state index in [1.165, 1.54) is 0 Å². The molecule has 0 saturated carbocycles. The highest BCUT2D eigenvalue weighted by atomic mass is 16.2. The molecule has 1 aromatic carbocycles. The van der Waals surface area contributed by atoms with E-state index in [2.05, 4.69) is 4.98 Å². The molecule has 0 aliphatic carbocycles. The van der Waals surface area contributed by atoms with Crippen molar-refractivity contribution in [3.05, 3.63) is 42.2 Å². The Balaban J connectivity index is 1.44. The number of hydrogen-bond donors (Lipinski definition) is 0. The lowest BCUT2D eigenvalue weighted by Gasteiger charge is -2.34. The number of benzene rings is 1. The molecule has 4 rings (SSSR count). The molecule has 0 N–H and O–H groups in total. The minimum atomic E-state index is 0.0467. The highest BCUT2D eigenvalue weighted by Gasteiger charge is 2.34. The van der Waals surface area contributed by atoms with Gasteiger partial charge < -0.3 is 9.80 Å². The summed E-state index contributed by atoms with van der Waals surface area (Å²) >= 11 is 0. The zero-order chi connectivity index (χ0) is 18.1. The molecule has 2 aliphatic heterocycles. The van der Waals surface area contributed by atoms with E-state index in [4.69, 9.17) is 0 Å². The molecular weight excluding hydrogens is 326 g/mol. The molecule has 0 spiro atoms. The van der Waals surface area contributed by atoms with Crippen molar-refractivity contribution in [3.8, 4) is 0 Å². The van der Waals surface area contributed by atoms with Crippen molar-refractivity contribution in [2.24, 2.45) is 11.8 Å². The van der Waals surface area contributed by atoms with E-state index < -0.39 is 0 Å². The molecule has 0 radical (unpaired) electrons. The number of rotatable bonds is 2. The Morgan fingerprint density at radius 1 is 0.962 bits per heavy atom. The molecule has 2 amide bonds. The highest BCUT2D eigenvalue weighted by Crippen LogP contribution is 2.32. The van der Waals surface area contributed by atoms with E-state index in [0.29, 0.717) is 17.5 Å². The maximum absolute atomic E-state index is 13.0. The molecule has 0 bridgehead atoms. The van der Waals surface area contributed by atoms with Crippen LogP contribution in [-0.4, -0.2) is 52.8 Å². The molecule has 2 aliphatic rings. The first-order valence-corrected chi connectivity index (χ1v) is 9.52. The summed E-state index contributed by atoms with van der Waals surface area (Å²) in [4.78, 5) is 32.8. The third kappa shape index (κ3) is 3.18. The van der Waals surface area contributed by atoms with E-state index in [1.807, 2.05) is 40.1 Å². The molecule has 1 unspecified atom stereocenters. The fourth-order valence-electron chi connectivity index (χ4n) is 4.48. The molecular formula is C21H25N3O2. The molecule has 2 saturated heterocycles. The second-order valence-electron chi connectivity index (χ2n) is 7.52. The van der Waals surface area contributed by atoms with Crippen LogP contribution in [0.2, 0.25) is 0 Å². The third-order valence-corrected chi connectivity index (χ3v) is 6.04. The Labute approximate surface area is 154 Å². The van der Waals surface area contributed by atoms with Crippen LogP contribution in [0.15, 0.2) is 36.5 Å². The Kier molecular flexibility index (Phi) is 4.62. The summed E-state index contributed by atoms with van der Waals surface area (Å²) in [7, 11) is 0. The van der Waals surface area contributed by atoms with Gasteiger partial charge in [0.25, 0.3) is 5.91 Å². The Morgan fingerprint density at radius 2 is 1.65 bits per heavy atom. The number of carbonyl (C=O) groups is 2. The van der Waals surface area contributed by atoms with Gasteiger partial charge in [0.1, 0.15) is 5.69 Å². The van der Waals surface area contributed by atoms with Crippen molar-refractivity contribution in [1.29, 1.82) is 0 Å². The average Bonchev–Trinajstić information content (AvgIpc) is 3.17. The molecule has 1 aromatic heterocycles. The van der Waals surface area contributed by atoms with Crippen LogP contribution in [0.3, 0.4) is 0 Å². The van der Waals surface area contributed by atoms with Gasteiger partial charge in [0, 0.05) is 44.7 Å². The molecule has 136 valence electrons. The number of fused-ring (bicyclic) bond motifs is 1. The van der Waals surface area contributed by atoms with Crippen LogP contribution >= 0.6 is 0 Å². The number of pyridine rings is 1. The predicted octanol–water partition coefficient (Wildman–Crippen LogP) is 2.96. The first-order valence-electron chi connectivity index (χ1n) is 9.52. The number of hydrogen-bond acceptors (Lipinski definition) is 3. The van der Waals surface area contributed by atoms with Gasteiger partial charge in [-0.25, -0.2) is 0 Å². The van der Waals surface area contributed by atoms with Gasteiger partial charge in [-0.1, -0.05) is 24.3 Å². The minimum absolute atomic E-state index is 0.0467. The lowest BCUT2D eigenvalue weighted by Crippen LogP contribution is -2.39. The van der Waals surface area contributed by atoms with Crippen LogP contribution < -0.4 is 0 Å². The first-order chi connectivity index (χ1) is 12.6. The maximum Gasteiger partial charge on any atom is 0.273 e. The van der Waals surface area contributed by atoms with Gasteiger partial charge in [-0.15, -0.1) is 0 Å². The van der Waals surface area contributed by atoms with Gasteiger partial charge in [-0.05, 0) is 42.6 Å². The second kappa shape index (κ2) is 7.06. The molecule has 5 heteroatoms. The molecule has 5 nitrogen and oxygen atoms in total. The van der Waals surface area contributed by atoms with Crippen LogP contribution in [0.4, 0.5) is 0 Å². The third-order valence-electron chi connectivity index (χ3n) is 6.04. The SMILES string of the molecule is CC(=O)N1CCC(C2CCN(C(=O)c3nccc4ccccc34)C2)CC1. The molecule has 2 fully saturated rings. The normalized spacial score (nSPS) is 21.3. The summed E-state index contributed by atoms with van der Waals surface area (Å²) in [5.74, 6) is 1.38. The molecule has 2 aromatic rings. The number of likely N-dealkylation sites (tertiary alicyclic amines) is 2. The Hall–Kier alpha value is -2.43. The zero-order valence-corrected chi connectivity index (χ0v) is 15.2. The fraction of sp³-hybridized carbons (Fsp3) is 0.476. The van der Waals surface area contributed by atoms with E-state index in [0.717, 1.165) is 56.2 Å². The summed E-state index contributed by atoms with van der Waals surface area (Å²) < 4.78 is 0. The summed E-state index contributed by atoms with van der Waals surface area (Å²) in [5, 5.41) is 1.98. The largest absolute Gasteiger partial charge is 0.343 e. The van der Waals surface area contributed by atoms with Crippen molar-refractivity contribution in [2.45, 2.75) is 26.2 Å². The number of carbonyl (C=O) groups excluding carboxylic acids is 2. The van der Waals surface area contributed by atoms with Crippen LogP contribution in [0.5, 0.6) is 0 Å². The number of amides is 2. The Morgan fingerprint density at radius 3 is 2.42 bits per heavy atom. The quantitative estimate of drug-likeness (QED) is 0.836. The maximum atomic E-state index is 13.0. The summed E-state index contributed by atoms with van der Waals surface area (Å²) in [5.41, 5.74) is 0.565. The standard InChI is InChI=1S/C21H25N3O2/c1-15(25)23-11-7-16(8-12-23)18-9-13-24(14-18)21(26)20-19-5-3-2-4-17(19)6-10-22-20/h2-6,10,16,18H,7-9,11-14H2,1H3. The summed E-state index contributed by atoms with van der Waals surface area (Å²) in [6.45, 7) is 4.98. The average molecular weight is 351 g/mol. The van der Waals surface area contributed by atoms with Crippen LogP contribution in [0, 0.1) is 11.8 Å². The van der Waals surface area contributed by atoms with Gasteiger partial charge in [-0.3, -0.25) is 14.6 Å². The molecule has 1 atom stereocenters. The molecule has 3 heterocycles. The highest BCUT2D eigenvalue weighted by molar-refractivity contribution is 6.05. The van der Waals surface area contributed by atoms with Crippen LogP contribution in [-0.2, 0) is 4.79 Å². The van der Waals surface area contributed by atoms with Crippen LogP contribution in [0.25, 0.3) is 10.8 Å². The second-order valence-corrected chi connectivity index (χ2v) is 7.52. The van der Waals surface area contributed by atoms with Crippen molar-refractivity contribution >= 4 is 22.6 Å². The topological polar surface area (TPSA) is 53.5 Å².